The van der Waals surface area contributed by atoms with Crippen molar-refractivity contribution < 1.29 is 14.3 Å². The lowest BCUT2D eigenvalue weighted by molar-refractivity contribution is -0.118. The summed E-state index contributed by atoms with van der Waals surface area (Å²) in [6, 6.07) is 19.8. The van der Waals surface area contributed by atoms with Crippen LogP contribution >= 0.6 is 15.9 Å². The summed E-state index contributed by atoms with van der Waals surface area (Å²) < 4.78 is 12.1. The molecule has 3 aromatic rings. The molecule has 0 aliphatic carbocycles. The van der Waals surface area contributed by atoms with Crippen molar-refractivity contribution >= 4 is 38.3 Å². The van der Waals surface area contributed by atoms with Crippen LogP contribution in [0.2, 0.25) is 0 Å². The van der Waals surface area contributed by atoms with Crippen molar-refractivity contribution in [2.45, 2.75) is 6.54 Å². The topological polar surface area (TPSA) is 50.8 Å². The van der Waals surface area contributed by atoms with Gasteiger partial charge in [-0.15, -0.1) is 0 Å². The quantitative estimate of drug-likeness (QED) is 0.597. The number of hydrogen-bond donors (Lipinski definition) is 1. The Morgan fingerprint density at radius 1 is 1.00 bits per heavy atom. The van der Waals surface area contributed by atoms with E-state index in [1.54, 1.807) is 0 Å². The van der Waals surface area contributed by atoms with Gasteiger partial charge in [-0.1, -0.05) is 40.2 Å². The molecule has 1 fully saturated rings. The Morgan fingerprint density at radius 3 is 2.52 bits per heavy atom. The molecule has 150 valence electrons. The zero-order valence-electron chi connectivity index (χ0n) is 16.1. The maximum absolute atomic E-state index is 12.2. The van der Waals surface area contributed by atoms with Gasteiger partial charge >= 0.3 is 0 Å². The van der Waals surface area contributed by atoms with Crippen LogP contribution in [0.5, 0.6) is 5.75 Å². The number of halogens is 1. The lowest BCUT2D eigenvalue weighted by Crippen LogP contribution is -2.35. The van der Waals surface area contributed by atoms with Crippen LogP contribution in [0.25, 0.3) is 10.8 Å². The number of carbonyl (C=O) groups excluding carboxylic acids is 1. The summed E-state index contributed by atoms with van der Waals surface area (Å²) in [7, 11) is 0. The van der Waals surface area contributed by atoms with Crippen LogP contribution in [0.15, 0.2) is 65.1 Å². The third-order valence-corrected chi connectivity index (χ3v) is 5.38. The van der Waals surface area contributed by atoms with E-state index in [2.05, 4.69) is 32.2 Å². The first-order valence-corrected chi connectivity index (χ1v) is 10.5. The second-order valence-electron chi connectivity index (χ2n) is 7.08. The van der Waals surface area contributed by atoms with E-state index in [-0.39, 0.29) is 12.5 Å². The smallest absolute Gasteiger partial charge is 0.262 e. The van der Waals surface area contributed by atoms with Gasteiger partial charge in [-0.3, -0.25) is 9.69 Å². The van der Waals surface area contributed by atoms with Gasteiger partial charge < -0.3 is 14.8 Å². The largest absolute Gasteiger partial charge is 0.484 e. The van der Waals surface area contributed by atoms with Crippen LogP contribution in [0.1, 0.15) is 5.56 Å². The molecule has 29 heavy (non-hydrogen) atoms. The SMILES string of the molecule is O=C(COc1ccc2cc(Br)ccc2c1)Nc1ccc(CN2CCOCC2)cc1. The summed E-state index contributed by atoms with van der Waals surface area (Å²) in [5, 5.41) is 5.07. The lowest BCUT2D eigenvalue weighted by atomic mass is 10.1. The highest BCUT2D eigenvalue weighted by Gasteiger charge is 2.11. The number of rotatable bonds is 6. The predicted molar refractivity (Wildman–Crippen MR) is 118 cm³/mol. The fourth-order valence-corrected chi connectivity index (χ4v) is 3.72. The van der Waals surface area contributed by atoms with Crippen molar-refractivity contribution in [2.24, 2.45) is 0 Å². The average molecular weight is 455 g/mol. The third kappa shape index (κ3) is 5.56. The molecule has 1 saturated heterocycles. The Labute approximate surface area is 178 Å². The van der Waals surface area contributed by atoms with Gasteiger partial charge in [0.05, 0.1) is 13.2 Å². The number of morpholine rings is 1. The van der Waals surface area contributed by atoms with Gasteiger partial charge in [0, 0.05) is 29.8 Å². The summed E-state index contributed by atoms with van der Waals surface area (Å²) in [5.41, 5.74) is 2.00. The fraction of sp³-hybridized carbons (Fsp3) is 0.261. The Bertz CT molecular complexity index is 985. The number of ether oxygens (including phenoxy) is 2. The fourth-order valence-electron chi connectivity index (χ4n) is 3.34. The molecule has 3 aromatic carbocycles. The minimum Gasteiger partial charge on any atom is -0.484 e. The number of hydrogen-bond acceptors (Lipinski definition) is 4. The molecule has 0 unspecified atom stereocenters. The Balaban J connectivity index is 1.28. The highest BCUT2D eigenvalue weighted by molar-refractivity contribution is 9.10. The van der Waals surface area contributed by atoms with Crippen molar-refractivity contribution in [3.05, 3.63) is 70.7 Å². The van der Waals surface area contributed by atoms with E-state index in [1.807, 2.05) is 54.6 Å². The molecular formula is C23H23BrN2O3. The van der Waals surface area contributed by atoms with Crippen LogP contribution in [0.4, 0.5) is 5.69 Å². The van der Waals surface area contributed by atoms with Gasteiger partial charge in [0.2, 0.25) is 0 Å². The van der Waals surface area contributed by atoms with E-state index in [0.29, 0.717) is 5.75 Å². The molecule has 1 amide bonds. The van der Waals surface area contributed by atoms with E-state index in [0.717, 1.165) is 53.8 Å². The van der Waals surface area contributed by atoms with E-state index in [1.165, 1.54) is 5.56 Å². The van der Waals surface area contributed by atoms with Crippen LogP contribution < -0.4 is 10.1 Å². The lowest BCUT2D eigenvalue weighted by Gasteiger charge is -2.26. The number of nitrogens with zero attached hydrogens (tertiary/aromatic N) is 1. The Morgan fingerprint density at radius 2 is 1.72 bits per heavy atom. The number of nitrogens with one attached hydrogen (secondary N) is 1. The van der Waals surface area contributed by atoms with Gasteiger partial charge in [-0.2, -0.15) is 0 Å². The summed E-state index contributed by atoms with van der Waals surface area (Å²) in [6.45, 7) is 4.38. The molecule has 0 bridgehead atoms. The van der Waals surface area contributed by atoms with E-state index < -0.39 is 0 Å². The van der Waals surface area contributed by atoms with Gasteiger partial charge in [0.15, 0.2) is 6.61 Å². The van der Waals surface area contributed by atoms with E-state index >= 15 is 0 Å². The average Bonchev–Trinajstić information content (AvgIpc) is 2.74. The molecule has 6 heteroatoms. The zero-order valence-corrected chi connectivity index (χ0v) is 17.7. The van der Waals surface area contributed by atoms with E-state index in [4.69, 9.17) is 9.47 Å². The number of anilines is 1. The second-order valence-corrected chi connectivity index (χ2v) is 7.99. The molecule has 4 rings (SSSR count). The molecule has 0 spiro atoms. The zero-order chi connectivity index (χ0) is 20.1. The van der Waals surface area contributed by atoms with Crippen molar-refractivity contribution in [1.29, 1.82) is 0 Å². The number of carbonyl (C=O) groups is 1. The Kier molecular flexibility index (Phi) is 6.44. The Hall–Kier alpha value is -2.41. The molecule has 1 aliphatic heterocycles. The van der Waals surface area contributed by atoms with Gasteiger partial charge in [-0.25, -0.2) is 0 Å². The van der Waals surface area contributed by atoms with Crippen LogP contribution in [-0.2, 0) is 16.1 Å². The summed E-state index contributed by atoms with van der Waals surface area (Å²) in [5.74, 6) is 0.498. The third-order valence-electron chi connectivity index (χ3n) is 4.89. The first-order chi connectivity index (χ1) is 14.2. The second kappa shape index (κ2) is 9.39. The molecule has 1 heterocycles. The van der Waals surface area contributed by atoms with Crippen LogP contribution in [0.3, 0.4) is 0 Å². The standard InChI is InChI=1S/C23H23BrN2O3/c24-20-5-3-19-14-22(8-4-18(19)13-20)29-16-23(27)25-21-6-1-17(2-7-21)15-26-9-11-28-12-10-26/h1-8,13-14H,9-12,15-16H2,(H,25,27). The monoisotopic (exact) mass is 454 g/mol. The first-order valence-electron chi connectivity index (χ1n) is 9.67. The summed E-state index contributed by atoms with van der Waals surface area (Å²) in [4.78, 5) is 14.6. The van der Waals surface area contributed by atoms with Crippen molar-refractivity contribution in [3.63, 3.8) is 0 Å². The van der Waals surface area contributed by atoms with Crippen molar-refractivity contribution in [1.82, 2.24) is 4.90 Å². The number of fused-ring (bicyclic) bond motifs is 1. The minimum absolute atomic E-state index is 0.0302. The van der Waals surface area contributed by atoms with Crippen LogP contribution in [-0.4, -0.2) is 43.7 Å². The minimum atomic E-state index is -0.179. The van der Waals surface area contributed by atoms with Gasteiger partial charge in [0.1, 0.15) is 5.75 Å². The highest BCUT2D eigenvalue weighted by Crippen LogP contribution is 2.24. The van der Waals surface area contributed by atoms with Crippen LogP contribution in [0, 0.1) is 0 Å². The molecule has 0 saturated carbocycles. The van der Waals surface area contributed by atoms with Crippen molar-refractivity contribution in [2.75, 3.05) is 38.2 Å². The molecule has 1 N–H and O–H groups in total. The first kappa shape index (κ1) is 19.9. The highest BCUT2D eigenvalue weighted by atomic mass is 79.9. The maximum Gasteiger partial charge on any atom is 0.262 e. The molecule has 0 atom stereocenters. The molecular weight excluding hydrogens is 432 g/mol. The number of amides is 1. The molecule has 0 aromatic heterocycles. The molecule has 0 radical (unpaired) electrons. The molecule has 1 aliphatic rings. The van der Waals surface area contributed by atoms with Crippen molar-refractivity contribution in [3.8, 4) is 5.75 Å². The van der Waals surface area contributed by atoms with Gasteiger partial charge in [0.25, 0.3) is 5.91 Å². The maximum atomic E-state index is 12.2. The number of benzene rings is 3. The van der Waals surface area contributed by atoms with E-state index in [9.17, 15) is 4.79 Å². The normalized spacial score (nSPS) is 14.7. The summed E-state index contributed by atoms with van der Waals surface area (Å²) >= 11 is 3.47. The molecule has 5 nitrogen and oxygen atoms in total. The van der Waals surface area contributed by atoms with Gasteiger partial charge in [-0.05, 0) is 52.7 Å². The summed E-state index contributed by atoms with van der Waals surface area (Å²) in [6.07, 6.45) is 0. The predicted octanol–water partition coefficient (Wildman–Crippen LogP) is 4.45.